The minimum Gasteiger partial charge on any atom is -0.480 e. The van der Waals surface area contributed by atoms with Crippen molar-refractivity contribution in [2.75, 3.05) is 19.6 Å². The Labute approximate surface area is 296 Å². The summed E-state index contributed by atoms with van der Waals surface area (Å²) in [5.74, 6) is -4.17. The summed E-state index contributed by atoms with van der Waals surface area (Å²) in [4.78, 5) is 42.0. The normalized spacial score (nSPS) is 13.4. The molecule has 0 aromatic carbocycles. The standard InChI is InChI=1S/C34H64N4O5.C2HF3O2/c1-3-5-7-9-11-13-15-17-20-30(39)26-38(27-31(40)21-18-16-14-12-10-8-6-4-2)23-19-22-33(41)37-32(34(42)43)24-29-25-35-28-36-29;3-2(4,5)1(6)7/h25,28,30-32,39-40H,3-24,26-27H2,1-2H3,(H,35,36)(H,37,41)(H,42,43);(H,6,7)/t30?,31?,32-;/m0./s1. The van der Waals surface area contributed by atoms with Crippen molar-refractivity contribution in [3.63, 3.8) is 0 Å². The highest BCUT2D eigenvalue weighted by Crippen LogP contribution is 2.15. The summed E-state index contributed by atoms with van der Waals surface area (Å²) < 4.78 is 31.7. The summed E-state index contributed by atoms with van der Waals surface area (Å²) >= 11 is 0. The van der Waals surface area contributed by atoms with Gasteiger partial charge in [-0.15, -0.1) is 0 Å². The Bertz CT molecular complexity index is 955. The molecular weight excluding hydrogens is 657 g/mol. The highest BCUT2D eigenvalue weighted by atomic mass is 19.4. The van der Waals surface area contributed by atoms with Crippen LogP contribution in [0.4, 0.5) is 13.2 Å². The minimum atomic E-state index is -5.08. The SMILES string of the molecule is CCCCCCCCCCC(O)CN(CCCC(=O)N[C@@H](Cc1c[nH]cn1)C(=O)O)CC(O)CCCCCCCCCC.O=C(O)C(F)(F)F. The molecule has 1 amide bonds. The summed E-state index contributed by atoms with van der Waals surface area (Å²) in [6, 6.07) is -1.03. The van der Waals surface area contributed by atoms with Gasteiger partial charge in [0.2, 0.25) is 5.91 Å². The van der Waals surface area contributed by atoms with Crippen LogP contribution in [0.5, 0.6) is 0 Å². The molecule has 14 heteroatoms. The van der Waals surface area contributed by atoms with Crippen molar-refractivity contribution in [2.45, 2.75) is 173 Å². The van der Waals surface area contributed by atoms with Gasteiger partial charge in [0.15, 0.2) is 0 Å². The monoisotopic (exact) mass is 722 g/mol. The van der Waals surface area contributed by atoms with E-state index in [2.05, 4.69) is 34.0 Å². The first kappa shape index (κ1) is 47.3. The Morgan fingerprint density at radius 1 is 0.780 bits per heavy atom. The number of carbonyl (C=O) groups is 3. The molecule has 0 aliphatic heterocycles. The number of amides is 1. The Morgan fingerprint density at radius 3 is 1.60 bits per heavy atom. The average Bonchev–Trinajstić information content (AvgIpc) is 3.56. The molecule has 0 aliphatic rings. The fourth-order valence-corrected chi connectivity index (χ4v) is 5.60. The van der Waals surface area contributed by atoms with Gasteiger partial charge in [-0.2, -0.15) is 13.2 Å². The Balaban J connectivity index is 0.00000308. The summed E-state index contributed by atoms with van der Waals surface area (Å²) in [6.07, 6.45) is 19.0. The van der Waals surface area contributed by atoms with Gasteiger partial charge >= 0.3 is 18.1 Å². The van der Waals surface area contributed by atoms with Gasteiger partial charge in [0, 0.05) is 32.1 Å². The number of carboxylic acid groups (broad SMARTS) is 2. The highest BCUT2D eigenvalue weighted by Gasteiger charge is 2.38. The van der Waals surface area contributed by atoms with Gasteiger partial charge in [-0.3, -0.25) is 9.69 Å². The van der Waals surface area contributed by atoms with Crippen molar-refractivity contribution in [2.24, 2.45) is 0 Å². The van der Waals surface area contributed by atoms with E-state index in [0.717, 1.165) is 38.5 Å². The number of aliphatic carboxylic acids is 2. The number of rotatable bonds is 30. The van der Waals surface area contributed by atoms with E-state index in [-0.39, 0.29) is 18.7 Å². The van der Waals surface area contributed by atoms with E-state index in [1.54, 1.807) is 6.20 Å². The molecule has 2 unspecified atom stereocenters. The zero-order valence-corrected chi connectivity index (χ0v) is 30.4. The summed E-state index contributed by atoms with van der Waals surface area (Å²) in [5.41, 5.74) is 0.579. The summed E-state index contributed by atoms with van der Waals surface area (Å²) in [7, 11) is 0. The van der Waals surface area contributed by atoms with Crippen LogP contribution in [-0.4, -0.2) is 97.2 Å². The molecule has 1 aromatic heterocycles. The third-order valence-electron chi connectivity index (χ3n) is 8.44. The van der Waals surface area contributed by atoms with Crippen molar-refractivity contribution in [1.29, 1.82) is 0 Å². The van der Waals surface area contributed by atoms with Crippen LogP contribution in [0.3, 0.4) is 0 Å². The van der Waals surface area contributed by atoms with Crippen LogP contribution in [0.1, 0.15) is 148 Å². The maximum absolute atomic E-state index is 12.6. The Hall–Kier alpha value is -2.71. The molecule has 3 atom stereocenters. The van der Waals surface area contributed by atoms with Crippen molar-refractivity contribution in [1.82, 2.24) is 20.2 Å². The van der Waals surface area contributed by atoms with Crippen LogP contribution in [0, 0.1) is 0 Å². The number of aromatic amines is 1. The number of hydrogen-bond donors (Lipinski definition) is 6. The number of unbranched alkanes of at least 4 members (excludes halogenated alkanes) is 14. The molecule has 1 heterocycles. The molecule has 0 spiro atoms. The lowest BCUT2D eigenvalue weighted by atomic mass is 10.0. The predicted octanol–water partition coefficient (Wildman–Crippen LogP) is 7.02. The molecule has 1 rings (SSSR count). The maximum Gasteiger partial charge on any atom is 0.490 e. The van der Waals surface area contributed by atoms with E-state index >= 15 is 0 Å². The molecule has 6 N–H and O–H groups in total. The molecule has 0 saturated heterocycles. The third-order valence-corrected chi connectivity index (χ3v) is 8.44. The number of hydrogen-bond acceptors (Lipinski definition) is 7. The zero-order chi connectivity index (χ0) is 37.6. The Morgan fingerprint density at radius 2 is 1.22 bits per heavy atom. The van der Waals surface area contributed by atoms with E-state index in [1.807, 2.05) is 0 Å². The lowest BCUT2D eigenvalue weighted by Gasteiger charge is -2.27. The molecule has 0 aliphatic carbocycles. The maximum atomic E-state index is 12.6. The Kier molecular flexibility index (Phi) is 28.3. The number of alkyl halides is 3. The second-order valence-electron chi connectivity index (χ2n) is 13.2. The minimum absolute atomic E-state index is 0.118. The average molecular weight is 723 g/mol. The van der Waals surface area contributed by atoms with Gasteiger partial charge in [-0.1, -0.05) is 117 Å². The van der Waals surface area contributed by atoms with E-state index < -0.39 is 36.4 Å². The number of halogens is 3. The molecule has 50 heavy (non-hydrogen) atoms. The number of H-pyrrole nitrogens is 1. The first-order valence-electron chi connectivity index (χ1n) is 18.7. The summed E-state index contributed by atoms with van der Waals surface area (Å²) in [5, 5.41) is 40.8. The van der Waals surface area contributed by atoms with Gasteiger partial charge < -0.3 is 30.7 Å². The third kappa shape index (κ3) is 28.0. The largest absolute Gasteiger partial charge is 0.490 e. The second kappa shape index (κ2) is 30.0. The number of aliphatic hydroxyl groups is 2. The fourth-order valence-electron chi connectivity index (χ4n) is 5.60. The van der Waals surface area contributed by atoms with Gasteiger partial charge in [0.1, 0.15) is 6.04 Å². The number of carbonyl (C=O) groups excluding carboxylic acids is 1. The first-order chi connectivity index (χ1) is 23.8. The summed E-state index contributed by atoms with van der Waals surface area (Å²) in [6.45, 7) is 5.97. The van der Waals surface area contributed by atoms with Crippen LogP contribution in [-0.2, 0) is 20.8 Å². The fraction of sp³-hybridized carbons (Fsp3) is 0.833. The van der Waals surface area contributed by atoms with Gasteiger partial charge in [-0.05, 0) is 25.8 Å². The number of aliphatic hydroxyl groups excluding tert-OH is 2. The number of carboxylic acids is 2. The molecular formula is C36H65F3N4O7. The lowest BCUT2D eigenvalue weighted by Crippen LogP contribution is -2.43. The van der Waals surface area contributed by atoms with Gasteiger partial charge in [0.25, 0.3) is 0 Å². The number of nitrogens with one attached hydrogen (secondary N) is 2. The molecule has 11 nitrogen and oxygen atoms in total. The predicted molar refractivity (Wildman–Crippen MR) is 188 cm³/mol. The van der Waals surface area contributed by atoms with Crippen molar-refractivity contribution < 1.29 is 48.0 Å². The van der Waals surface area contributed by atoms with Crippen molar-refractivity contribution in [3.8, 4) is 0 Å². The number of nitrogens with zero attached hydrogens (tertiary/aromatic N) is 2. The van der Waals surface area contributed by atoms with Crippen LogP contribution in [0.25, 0.3) is 0 Å². The van der Waals surface area contributed by atoms with Crippen LogP contribution < -0.4 is 5.32 Å². The van der Waals surface area contributed by atoms with E-state index in [0.29, 0.717) is 31.7 Å². The van der Waals surface area contributed by atoms with Crippen molar-refractivity contribution in [3.05, 3.63) is 18.2 Å². The van der Waals surface area contributed by atoms with E-state index in [4.69, 9.17) is 9.90 Å². The van der Waals surface area contributed by atoms with Crippen LogP contribution in [0.15, 0.2) is 12.5 Å². The zero-order valence-electron chi connectivity index (χ0n) is 30.4. The number of imidazole rings is 1. The molecule has 0 radical (unpaired) electrons. The lowest BCUT2D eigenvalue weighted by molar-refractivity contribution is -0.192. The first-order valence-corrected chi connectivity index (χ1v) is 18.7. The van der Waals surface area contributed by atoms with Crippen LogP contribution in [0.2, 0.25) is 0 Å². The molecule has 292 valence electrons. The molecule has 0 bridgehead atoms. The van der Waals surface area contributed by atoms with Gasteiger partial charge in [-0.25, -0.2) is 14.6 Å². The second-order valence-corrected chi connectivity index (χ2v) is 13.2. The van der Waals surface area contributed by atoms with Crippen molar-refractivity contribution >= 4 is 17.8 Å². The van der Waals surface area contributed by atoms with E-state index in [9.17, 15) is 38.1 Å². The molecule has 0 fully saturated rings. The van der Waals surface area contributed by atoms with Gasteiger partial charge in [0.05, 0.1) is 24.2 Å². The van der Waals surface area contributed by atoms with Crippen LogP contribution >= 0.6 is 0 Å². The molecule has 1 aromatic rings. The topological polar surface area (TPSA) is 176 Å². The smallest absolute Gasteiger partial charge is 0.480 e. The molecule has 0 saturated carbocycles. The highest BCUT2D eigenvalue weighted by molar-refractivity contribution is 5.83. The number of aromatic nitrogens is 2. The van der Waals surface area contributed by atoms with E-state index in [1.165, 1.54) is 83.4 Å². The quantitative estimate of drug-likeness (QED) is 0.0456.